The Morgan fingerprint density at radius 3 is 2.88 bits per heavy atom. The van der Waals surface area contributed by atoms with Gasteiger partial charge in [-0.1, -0.05) is 15.9 Å². The number of amides is 1. The molecule has 0 saturated heterocycles. The van der Waals surface area contributed by atoms with Crippen LogP contribution in [0.2, 0.25) is 0 Å². The average Bonchev–Trinajstić information content (AvgIpc) is 2.79. The SMILES string of the molecule is CC(CBr)N(C)C(=O)c1cc2c(s1)CCCC2. The van der Waals surface area contributed by atoms with E-state index in [0.717, 1.165) is 23.0 Å². The lowest BCUT2D eigenvalue weighted by Crippen LogP contribution is -2.35. The summed E-state index contributed by atoms with van der Waals surface area (Å²) >= 11 is 5.12. The summed E-state index contributed by atoms with van der Waals surface area (Å²) in [6.07, 6.45) is 4.85. The second-order valence-electron chi connectivity index (χ2n) is 4.69. The van der Waals surface area contributed by atoms with Crippen LogP contribution in [0.4, 0.5) is 0 Å². The topological polar surface area (TPSA) is 20.3 Å². The van der Waals surface area contributed by atoms with Crippen LogP contribution in [-0.2, 0) is 12.8 Å². The molecule has 0 N–H and O–H groups in total. The zero-order chi connectivity index (χ0) is 12.4. The molecule has 0 bridgehead atoms. The van der Waals surface area contributed by atoms with Crippen LogP contribution in [0.15, 0.2) is 6.07 Å². The number of halogens is 1. The molecule has 0 saturated carbocycles. The lowest BCUT2D eigenvalue weighted by Gasteiger charge is -2.22. The molecule has 1 aliphatic rings. The molecule has 1 aliphatic carbocycles. The van der Waals surface area contributed by atoms with Gasteiger partial charge in [0.15, 0.2) is 0 Å². The monoisotopic (exact) mass is 315 g/mol. The van der Waals surface area contributed by atoms with E-state index in [0.29, 0.717) is 0 Å². The van der Waals surface area contributed by atoms with E-state index in [1.807, 2.05) is 11.9 Å². The molecule has 17 heavy (non-hydrogen) atoms. The van der Waals surface area contributed by atoms with Crippen LogP contribution < -0.4 is 0 Å². The molecule has 1 aromatic rings. The molecule has 1 amide bonds. The maximum Gasteiger partial charge on any atom is 0.263 e. The number of alkyl halides is 1. The van der Waals surface area contributed by atoms with Crippen LogP contribution >= 0.6 is 27.3 Å². The van der Waals surface area contributed by atoms with Crippen molar-refractivity contribution in [3.63, 3.8) is 0 Å². The Labute approximate surface area is 115 Å². The van der Waals surface area contributed by atoms with Gasteiger partial charge in [-0.2, -0.15) is 0 Å². The summed E-state index contributed by atoms with van der Waals surface area (Å²) in [5.41, 5.74) is 1.41. The van der Waals surface area contributed by atoms with Crippen molar-refractivity contribution in [3.8, 4) is 0 Å². The van der Waals surface area contributed by atoms with Gasteiger partial charge in [0, 0.05) is 23.3 Å². The van der Waals surface area contributed by atoms with Gasteiger partial charge in [-0.05, 0) is 44.2 Å². The lowest BCUT2D eigenvalue weighted by atomic mass is 9.99. The van der Waals surface area contributed by atoms with Crippen molar-refractivity contribution in [2.75, 3.05) is 12.4 Å². The van der Waals surface area contributed by atoms with Gasteiger partial charge < -0.3 is 4.90 Å². The molecule has 1 atom stereocenters. The normalized spacial score (nSPS) is 16.4. The van der Waals surface area contributed by atoms with Crippen LogP contribution in [0.1, 0.15) is 39.9 Å². The minimum atomic E-state index is 0.163. The van der Waals surface area contributed by atoms with E-state index in [-0.39, 0.29) is 11.9 Å². The number of fused-ring (bicyclic) bond motifs is 1. The third-order valence-corrected chi connectivity index (χ3v) is 5.57. The van der Waals surface area contributed by atoms with Crippen LogP contribution in [0.5, 0.6) is 0 Å². The molecule has 94 valence electrons. The molecule has 0 aromatic carbocycles. The molecule has 2 rings (SSSR count). The zero-order valence-corrected chi connectivity index (χ0v) is 12.7. The van der Waals surface area contributed by atoms with Gasteiger partial charge in [-0.15, -0.1) is 11.3 Å². The Kier molecular flexibility index (Phi) is 4.26. The highest BCUT2D eigenvalue weighted by Gasteiger charge is 2.21. The third-order valence-electron chi connectivity index (χ3n) is 3.41. The van der Waals surface area contributed by atoms with Crippen molar-refractivity contribution in [2.45, 2.75) is 38.6 Å². The van der Waals surface area contributed by atoms with Crippen LogP contribution in [0.25, 0.3) is 0 Å². The molecule has 1 unspecified atom stereocenters. The molecule has 1 aromatic heterocycles. The number of nitrogens with zero attached hydrogens (tertiary/aromatic N) is 1. The minimum absolute atomic E-state index is 0.163. The van der Waals surface area contributed by atoms with Crippen molar-refractivity contribution in [1.29, 1.82) is 0 Å². The molecule has 4 heteroatoms. The number of carbonyl (C=O) groups excluding carboxylic acids is 1. The number of carbonyl (C=O) groups is 1. The van der Waals surface area contributed by atoms with E-state index in [9.17, 15) is 4.79 Å². The van der Waals surface area contributed by atoms with Gasteiger partial charge in [0.1, 0.15) is 0 Å². The van der Waals surface area contributed by atoms with E-state index in [1.54, 1.807) is 11.3 Å². The maximum atomic E-state index is 12.3. The third kappa shape index (κ3) is 2.74. The Balaban J connectivity index is 2.17. The van der Waals surface area contributed by atoms with Gasteiger partial charge >= 0.3 is 0 Å². The van der Waals surface area contributed by atoms with E-state index < -0.39 is 0 Å². The highest BCUT2D eigenvalue weighted by molar-refractivity contribution is 9.09. The summed E-state index contributed by atoms with van der Waals surface area (Å²) in [5, 5.41) is 0.820. The number of thiophene rings is 1. The quantitative estimate of drug-likeness (QED) is 0.782. The molecule has 1 heterocycles. The van der Waals surface area contributed by atoms with Crippen molar-refractivity contribution in [1.82, 2.24) is 4.90 Å². The van der Waals surface area contributed by atoms with Gasteiger partial charge in [-0.25, -0.2) is 0 Å². The predicted octanol–water partition coefficient (Wildman–Crippen LogP) is 3.48. The average molecular weight is 316 g/mol. The first-order valence-corrected chi connectivity index (χ1v) is 8.02. The van der Waals surface area contributed by atoms with Crippen LogP contribution in [0, 0.1) is 0 Å². The summed E-state index contributed by atoms with van der Waals surface area (Å²) in [7, 11) is 1.88. The molecule has 0 spiro atoms. The smallest absolute Gasteiger partial charge is 0.263 e. The van der Waals surface area contributed by atoms with Gasteiger partial charge in [0.2, 0.25) is 0 Å². The first-order chi connectivity index (χ1) is 8.13. The maximum absolute atomic E-state index is 12.3. The molecular weight excluding hydrogens is 298 g/mol. The number of aryl methyl sites for hydroxylation is 2. The fraction of sp³-hybridized carbons (Fsp3) is 0.615. The number of hydrogen-bond acceptors (Lipinski definition) is 2. The molecular formula is C13H18BrNOS. The Morgan fingerprint density at radius 1 is 1.53 bits per heavy atom. The lowest BCUT2D eigenvalue weighted by molar-refractivity contribution is 0.0763. The molecule has 0 radical (unpaired) electrons. The van der Waals surface area contributed by atoms with Crippen molar-refractivity contribution < 1.29 is 4.79 Å². The van der Waals surface area contributed by atoms with Crippen LogP contribution in [-0.4, -0.2) is 29.2 Å². The van der Waals surface area contributed by atoms with Gasteiger partial charge in [0.25, 0.3) is 5.91 Å². The summed E-state index contributed by atoms with van der Waals surface area (Å²) < 4.78 is 0. The predicted molar refractivity (Wildman–Crippen MR) is 76.3 cm³/mol. The first kappa shape index (κ1) is 13.1. The molecule has 2 nitrogen and oxygen atoms in total. The summed E-state index contributed by atoms with van der Waals surface area (Å²) in [5.74, 6) is 0.163. The number of hydrogen-bond donors (Lipinski definition) is 0. The highest BCUT2D eigenvalue weighted by Crippen LogP contribution is 2.30. The Hall–Kier alpha value is -0.350. The van der Waals surface area contributed by atoms with E-state index in [2.05, 4.69) is 28.9 Å². The van der Waals surface area contributed by atoms with Gasteiger partial charge in [0.05, 0.1) is 4.88 Å². The summed E-state index contributed by atoms with van der Waals surface area (Å²) in [4.78, 5) is 16.4. The largest absolute Gasteiger partial charge is 0.337 e. The molecule has 0 fully saturated rings. The van der Waals surface area contributed by atoms with E-state index in [1.165, 1.54) is 23.3 Å². The zero-order valence-electron chi connectivity index (χ0n) is 10.3. The fourth-order valence-corrected chi connectivity index (χ4v) is 3.74. The second kappa shape index (κ2) is 5.53. The van der Waals surface area contributed by atoms with Gasteiger partial charge in [-0.3, -0.25) is 4.79 Å². The molecule has 0 aliphatic heterocycles. The Bertz CT molecular complexity index is 392. The second-order valence-corrected chi connectivity index (χ2v) is 6.47. The van der Waals surface area contributed by atoms with Crippen molar-refractivity contribution in [2.24, 2.45) is 0 Å². The van der Waals surface area contributed by atoms with Crippen molar-refractivity contribution in [3.05, 3.63) is 21.4 Å². The fourth-order valence-electron chi connectivity index (χ4n) is 2.07. The number of rotatable bonds is 3. The van der Waals surface area contributed by atoms with Crippen molar-refractivity contribution >= 4 is 33.2 Å². The standard InChI is InChI=1S/C13H18BrNOS/c1-9(8-14)15(2)13(16)12-7-10-5-3-4-6-11(10)17-12/h7,9H,3-6,8H2,1-2H3. The summed E-state index contributed by atoms with van der Waals surface area (Å²) in [6, 6.07) is 2.35. The summed E-state index contributed by atoms with van der Waals surface area (Å²) in [6.45, 7) is 2.06. The van der Waals surface area contributed by atoms with E-state index >= 15 is 0 Å². The van der Waals surface area contributed by atoms with Crippen LogP contribution in [0.3, 0.4) is 0 Å². The first-order valence-electron chi connectivity index (χ1n) is 6.08. The minimum Gasteiger partial charge on any atom is -0.337 e. The van der Waals surface area contributed by atoms with E-state index in [4.69, 9.17) is 0 Å². The Morgan fingerprint density at radius 2 is 2.24 bits per heavy atom. The highest BCUT2D eigenvalue weighted by atomic mass is 79.9.